The molecule has 1 aliphatic rings. The average Bonchev–Trinajstić information content (AvgIpc) is 2.17. The molecule has 0 aromatic heterocycles. The molecule has 0 aromatic rings. The van der Waals surface area contributed by atoms with Crippen LogP contribution in [-0.2, 0) is 0 Å². The highest BCUT2D eigenvalue weighted by Crippen LogP contribution is 2.45. The summed E-state index contributed by atoms with van der Waals surface area (Å²) in [6, 6.07) is 0. The van der Waals surface area contributed by atoms with E-state index in [0.29, 0.717) is 11.8 Å². The fraction of sp³-hybridized carbons (Fsp3) is 0.600. The highest BCUT2D eigenvalue weighted by atomic mass is 14.4. The third-order valence-electron chi connectivity index (χ3n) is 3.78. The molecule has 0 aliphatic heterocycles. The van der Waals surface area contributed by atoms with Gasteiger partial charge in [-0.2, -0.15) is 0 Å². The Morgan fingerprint density at radius 1 is 1.60 bits per heavy atom. The molecule has 0 amide bonds. The third kappa shape index (κ3) is 2.42. The molecule has 0 radical (unpaired) electrons. The quantitative estimate of drug-likeness (QED) is 0.582. The Kier molecular flexibility index (Phi) is 3.59. The molecule has 0 saturated heterocycles. The minimum atomic E-state index is 0.213. The number of hydrogen-bond donors (Lipinski definition) is 0. The van der Waals surface area contributed by atoms with Gasteiger partial charge in [-0.05, 0) is 31.1 Å². The summed E-state index contributed by atoms with van der Waals surface area (Å²) in [5.41, 5.74) is 3.06. The monoisotopic (exact) mass is 204 g/mol. The van der Waals surface area contributed by atoms with E-state index in [0.717, 1.165) is 0 Å². The Balaban J connectivity index is 3.04. The van der Waals surface area contributed by atoms with Crippen LogP contribution < -0.4 is 0 Å². The molecular formula is C15H24. The summed E-state index contributed by atoms with van der Waals surface area (Å²) >= 11 is 0. The second kappa shape index (κ2) is 4.38. The van der Waals surface area contributed by atoms with Gasteiger partial charge in [0, 0.05) is 5.92 Å². The van der Waals surface area contributed by atoms with E-state index in [2.05, 4.69) is 53.0 Å². The number of rotatable bonds is 3. The molecule has 0 unspecified atom stereocenters. The molecule has 0 aromatic carbocycles. The minimum Gasteiger partial charge on any atom is -0.102 e. The second-order valence-corrected chi connectivity index (χ2v) is 5.43. The Morgan fingerprint density at radius 3 is 2.60 bits per heavy atom. The van der Waals surface area contributed by atoms with Crippen molar-refractivity contribution in [3.63, 3.8) is 0 Å². The maximum absolute atomic E-state index is 4.12. The van der Waals surface area contributed by atoms with Gasteiger partial charge in [0.05, 0.1) is 0 Å². The van der Waals surface area contributed by atoms with Crippen LogP contribution in [0, 0.1) is 17.3 Å². The maximum Gasteiger partial charge on any atom is 0.00625 e. The van der Waals surface area contributed by atoms with Crippen LogP contribution in [-0.4, -0.2) is 0 Å². The van der Waals surface area contributed by atoms with E-state index in [1.165, 1.54) is 18.4 Å². The first-order valence-electron chi connectivity index (χ1n) is 5.90. The molecule has 1 aliphatic carbocycles. The lowest BCUT2D eigenvalue weighted by Gasteiger charge is -2.39. The van der Waals surface area contributed by atoms with E-state index in [1.807, 2.05) is 0 Å². The zero-order valence-electron chi connectivity index (χ0n) is 10.6. The molecule has 1 rings (SSSR count). The van der Waals surface area contributed by atoms with Gasteiger partial charge in [-0.25, -0.2) is 0 Å². The Labute approximate surface area is 94.8 Å². The van der Waals surface area contributed by atoms with E-state index >= 15 is 0 Å². The average molecular weight is 204 g/mol. The highest BCUT2D eigenvalue weighted by Gasteiger charge is 2.34. The van der Waals surface area contributed by atoms with Crippen LogP contribution in [0.5, 0.6) is 0 Å². The number of hydrogen-bond acceptors (Lipinski definition) is 0. The lowest BCUT2D eigenvalue weighted by atomic mass is 9.65. The molecule has 0 heterocycles. The van der Waals surface area contributed by atoms with Crippen LogP contribution in [0.3, 0.4) is 0 Å². The summed E-state index contributed by atoms with van der Waals surface area (Å²) in [5, 5.41) is 0. The van der Waals surface area contributed by atoms with Gasteiger partial charge in [0.25, 0.3) is 0 Å². The molecule has 84 valence electrons. The SMILES string of the molecule is C=C[C@@]1(C)CCC(C(C)C)=C[C@H]1C(=C)C. The van der Waals surface area contributed by atoms with Crippen molar-refractivity contribution >= 4 is 0 Å². The summed E-state index contributed by atoms with van der Waals surface area (Å²) in [7, 11) is 0. The van der Waals surface area contributed by atoms with Crippen molar-refractivity contribution in [2.45, 2.75) is 40.5 Å². The smallest absolute Gasteiger partial charge is 0.00625 e. The lowest BCUT2D eigenvalue weighted by Crippen LogP contribution is -2.28. The van der Waals surface area contributed by atoms with Gasteiger partial charge in [-0.1, -0.05) is 50.6 Å². The minimum absolute atomic E-state index is 0.213. The number of allylic oxidation sites excluding steroid dienone is 4. The molecule has 0 nitrogen and oxygen atoms in total. The van der Waals surface area contributed by atoms with E-state index in [1.54, 1.807) is 5.57 Å². The van der Waals surface area contributed by atoms with Crippen molar-refractivity contribution in [2.75, 3.05) is 0 Å². The molecule has 2 atom stereocenters. The van der Waals surface area contributed by atoms with E-state index in [-0.39, 0.29) is 5.41 Å². The zero-order valence-corrected chi connectivity index (χ0v) is 10.6. The topological polar surface area (TPSA) is 0 Å². The molecule has 0 fully saturated rings. The van der Waals surface area contributed by atoms with Crippen LogP contribution in [0.25, 0.3) is 0 Å². The Hall–Kier alpha value is -0.780. The summed E-state index contributed by atoms with van der Waals surface area (Å²) in [6.45, 7) is 17.1. The summed E-state index contributed by atoms with van der Waals surface area (Å²) in [6.07, 6.45) is 6.96. The third-order valence-corrected chi connectivity index (χ3v) is 3.78. The Bertz CT molecular complexity index is 293. The van der Waals surface area contributed by atoms with E-state index in [9.17, 15) is 0 Å². The fourth-order valence-electron chi connectivity index (χ4n) is 2.47. The van der Waals surface area contributed by atoms with Gasteiger partial charge in [-0.15, -0.1) is 6.58 Å². The van der Waals surface area contributed by atoms with Crippen LogP contribution in [0.2, 0.25) is 0 Å². The standard InChI is InChI=1S/C15H24/c1-7-15(6)9-8-13(11(2)3)10-14(15)12(4)5/h7,10-11,14H,1,4,8-9H2,2-3,5-6H3/t14-,15-/m0/s1. The molecule has 0 N–H and O–H groups in total. The zero-order chi connectivity index (χ0) is 11.6. The van der Waals surface area contributed by atoms with Crippen LogP contribution in [0.15, 0.2) is 36.5 Å². The van der Waals surface area contributed by atoms with Crippen molar-refractivity contribution in [2.24, 2.45) is 17.3 Å². The first kappa shape index (κ1) is 12.3. The van der Waals surface area contributed by atoms with Crippen molar-refractivity contribution in [3.8, 4) is 0 Å². The van der Waals surface area contributed by atoms with E-state index < -0.39 is 0 Å². The van der Waals surface area contributed by atoms with Gasteiger partial charge in [-0.3, -0.25) is 0 Å². The summed E-state index contributed by atoms with van der Waals surface area (Å²) in [5.74, 6) is 1.14. The lowest BCUT2D eigenvalue weighted by molar-refractivity contribution is 0.294. The molecule has 15 heavy (non-hydrogen) atoms. The normalized spacial score (nSPS) is 31.3. The molecular weight excluding hydrogens is 180 g/mol. The maximum atomic E-state index is 4.12. The molecule has 0 spiro atoms. The summed E-state index contributed by atoms with van der Waals surface area (Å²) < 4.78 is 0. The van der Waals surface area contributed by atoms with Crippen molar-refractivity contribution < 1.29 is 0 Å². The largest absolute Gasteiger partial charge is 0.102 e. The fourth-order valence-corrected chi connectivity index (χ4v) is 2.47. The molecule has 0 heteroatoms. The van der Waals surface area contributed by atoms with Crippen molar-refractivity contribution in [3.05, 3.63) is 36.5 Å². The van der Waals surface area contributed by atoms with Gasteiger partial charge in [0.1, 0.15) is 0 Å². The molecule has 0 bridgehead atoms. The van der Waals surface area contributed by atoms with Gasteiger partial charge < -0.3 is 0 Å². The van der Waals surface area contributed by atoms with Crippen LogP contribution in [0.4, 0.5) is 0 Å². The van der Waals surface area contributed by atoms with Crippen LogP contribution >= 0.6 is 0 Å². The van der Waals surface area contributed by atoms with Gasteiger partial charge in [0.2, 0.25) is 0 Å². The Morgan fingerprint density at radius 2 is 2.20 bits per heavy atom. The summed E-state index contributed by atoms with van der Waals surface area (Å²) in [4.78, 5) is 0. The van der Waals surface area contributed by atoms with Crippen molar-refractivity contribution in [1.82, 2.24) is 0 Å². The van der Waals surface area contributed by atoms with Crippen molar-refractivity contribution in [1.29, 1.82) is 0 Å². The van der Waals surface area contributed by atoms with Gasteiger partial charge >= 0.3 is 0 Å². The molecule has 0 saturated carbocycles. The first-order valence-corrected chi connectivity index (χ1v) is 5.90. The van der Waals surface area contributed by atoms with Crippen LogP contribution in [0.1, 0.15) is 40.5 Å². The first-order chi connectivity index (χ1) is 6.90. The predicted molar refractivity (Wildman–Crippen MR) is 68.8 cm³/mol. The predicted octanol–water partition coefficient (Wildman–Crippen LogP) is 4.75. The van der Waals surface area contributed by atoms with Gasteiger partial charge in [0.15, 0.2) is 0 Å². The highest BCUT2D eigenvalue weighted by molar-refractivity contribution is 5.25. The second-order valence-electron chi connectivity index (χ2n) is 5.43. The van der Waals surface area contributed by atoms with E-state index in [4.69, 9.17) is 0 Å².